The molecule has 1 saturated carbocycles. The monoisotopic (exact) mass is 187 g/mol. The van der Waals surface area contributed by atoms with Crippen LogP contribution in [0.5, 0.6) is 0 Å². The summed E-state index contributed by atoms with van der Waals surface area (Å²) in [4.78, 5) is 11.2. The SMILES string of the molecule is CCOC(=O)C(N)C1CCC(O)C1. The maximum atomic E-state index is 11.2. The van der Waals surface area contributed by atoms with Crippen LogP contribution in [0.25, 0.3) is 0 Å². The molecule has 0 aliphatic heterocycles. The van der Waals surface area contributed by atoms with Crippen LogP contribution in [0, 0.1) is 5.92 Å². The van der Waals surface area contributed by atoms with Crippen molar-refractivity contribution in [3.8, 4) is 0 Å². The van der Waals surface area contributed by atoms with Crippen LogP contribution in [0.1, 0.15) is 26.2 Å². The lowest BCUT2D eigenvalue weighted by molar-refractivity contribution is -0.146. The first kappa shape index (κ1) is 10.5. The van der Waals surface area contributed by atoms with Crippen molar-refractivity contribution in [3.05, 3.63) is 0 Å². The summed E-state index contributed by atoms with van der Waals surface area (Å²) in [5, 5.41) is 9.25. The van der Waals surface area contributed by atoms with Crippen molar-refractivity contribution in [3.63, 3.8) is 0 Å². The lowest BCUT2D eigenvalue weighted by atomic mass is 9.99. The van der Waals surface area contributed by atoms with Crippen molar-refractivity contribution in [1.82, 2.24) is 0 Å². The van der Waals surface area contributed by atoms with Gasteiger partial charge in [-0.15, -0.1) is 0 Å². The molecule has 0 heterocycles. The Morgan fingerprint density at radius 2 is 2.38 bits per heavy atom. The third-order valence-corrected chi connectivity index (χ3v) is 2.51. The zero-order valence-corrected chi connectivity index (χ0v) is 7.90. The largest absolute Gasteiger partial charge is 0.465 e. The number of hydrogen-bond donors (Lipinski definition) is 2. The Morgan fingerprint density at radius 1 is 1.69 bits per heavy atom. The quantitative estimate of drug-likeness (QED) is 0.612. The van der Waals surface area contributed by atoms with Crippen molar-refractivity contribution in [2.45, 2.75) is 38.3 Å². The van der Waals surface area contributed by atoms with Crippen molar-refractivity contribution in [1.29, 1.82) is 0 Å². The number of esters is 1. The highest BCUT2D eigenvalue weighted by Crippen LogP contribution is 2.27. The van der Waals surface area contributed by atoms with Crippen LogP contribution in [-0.2, 0) is 9.53 Å². The number of rotatable bonds is 3. The molecule has 1 rings (SSSR count). The lowest BCUT2D eigenvalue weighted by Crippen LogP contribution is -2.38. The maximum absolute atomic E-state index is 11.2. The summed E-state index contributed by atoms with van der Waals surface area (Å²) in [6, 6.07) is -0.558. The van der Waals surface area contributed by atoms with Crippen molar-refractivity contribution >= 4 is 5.97 Å². The topological polar surface area (TPSA) is 72.5 Å². The minimum absolute atomic E-state index is 0.0917. The van der Waals surface area contributed by atoms with Gasteiger partial charge in [-0.1, -0.05) is 0 Å². The van der Waals surface area contributed by atoms with Gasteiger partial charge >= 0.3 is 5.97 Å². The smallest absolute Gasteiger partial charge is 0.323 e. The fraction of sp³-hybridized carbons (Fsp3) is 0.889. The highest BCUT2D eigenvalue weighted by molar-refractivity contribution is 5.75. The molecule has 0 aromatic rings. The Hall–Kier alpha value is -0.610. The first-order valence-electron chi connectivity index (χ1n) is 4.75. The Bertz CT molecular complexity index is 184. The van der Waals surface area contributed by atoms with Gasteiger partial charge in [0.05, 0.1) is 12.7 Å². The van der Waals surface area contributed by atoms with Crippen LogP contribution in [-0.4, -0.2) is 29.8 Å². The van der Waals surface area contributed by atoms with E-state index >= 15 is 0 Å². The molecule has 0 radical (unpaired) electrons. The molecule has 0 aromatic heterocycles. The fourth-order valence-corrected chi connectivity index (χ4v) is 1.75. The average molecular weight is 187 g/mol. The summed E-state index contributed by atoms with van der Waals surface area (Å²) < 4.78 is 4.81. The normalized spacial score (nSPS) is 30.1. The Kier molecular flexibility index (Phi) is 3.69. The first-order chi connectivity index (χ1) is 6.15. The molecule has 4 heteroatoms. The van der Waals surface area contributed by atoms with Gasteiger partial charge in [-0.2, -0.15) is 0 Å². The molecule has 1 aliphatic carbocycles. The Morgan fingerprint density at radius 3 is 2.85 bits per heavy atom. The summed E-state index contributed by atoms with van der Waals surface area (Å²) in [7, 11) is 0. The minimum Gasteiger partial charge on any atom is -0.465 e. The molecular weight excluding hydrogens is 170 g/mol. The molecular formula is C9H17NO3. The third kappa shape index (κ3) is 2.67. The van der Waals surface area contributed by atoms with Crippen molar-refractivity contribution < 1.29 is 14.6 Å². The molecule has 0 saturated heterocycles. The van der Waals surface area contributed by atoms with Crippen LogP contribution in [0.4, 0.5) is 0 Å². The summed E-state index contributed by atoms with van der Waals surface area (Å²) in [5.41, 5.74) is 5.69. The van der Waals surface area contributed by atoms with Crippen molar-refractivity contribution in [2.75, 3.05) is 6.61 Å². The number of ether oxygens (including phenoxy) is 1. The second-order valence-corrected chi connectivity index (χ2v) is 3.50. The molecule has 1 fully saturated rings. The van der Waals surface area contributed by atoms with Crippen LogP contribution in [0.3, 0.4) is 0 Å². The number of hydrogen-bond acceptors (Lipinski definition) is 4. The van der Waals surface area contributed by atoms with Gasteiger partial charge in [0, 0.05) is 0 Å². The molecule has 1 aliphatic rings. The van der Waals surface area contributed by atoms with Gasteiger partial charge in [0.15, 0.2) is 0 Å². The van der Waals surface area contributed by atoms with E-state index in [1.165, 1.54) is 0 Å². The van der Waals surface area contributed by atoms with Crippen LogP contribution >= 0.6 is 0 Å². The summed E-state index contributed by atoms with van der Waals surface area (Å²) in [6.07, 6.45) is 1.91. The molecule has 3 N–H and O–H groups in total. The van der Waals surface area contributed by atoms with E-state index in [1.807, 2.05) is 0 Å². The highest BCUT2D eigenvalue weighted by Gasteiger charge is 2.32. The third-order valence-electron chi connectivity index (χ3n) is 2.51. The van der Waals surface area contributed by atoms with E-state index in [2.05, 4.69) is 0 Å². The van der Waals surface area contributed by atoms with Gasteiger partial charge in [-0.25, -0.2) is 0 Å². The predicted molar refractivity (Wildman–Crippen MR) is 48.0 cm³/mol. The van der Waals surface area contributed by atoms with Gasteiger partial charge in [0.25, 0.3) is 0 Å². The Labute approximate surface area is 78.1 Å². The van der Waals surface area contributed by atoms with Gasteiger partial charge in [-0.05, 0) is 32.1 Å². The summed E-state index contributed by atoms with van der Waals surface area (Å²) in [6.45, 7) is 2.12. The number of aliphatic hydroxyl groups excluding tert-OH is 1. The van der Waals surface area contributed by atoms with Crippen LogP contribution in [0.15, 0.2) is 0 Å². The number of aliphatic hydroxyl groups is 1. The van der Waals surface area contributed by atoms with Gasteiger partial charge in [0.2, 0.25) is 0 Å². The lowest BCUT2D eigenvalue weighted by Gasteiger charge is -2.16. The maximum Gasteiger partial charge on any atom is 0.323 e. The van der Waals surface area contributed by atoms with Crippen LogP contribution in [0.2, 0.25) is 0 Å². The Balaban J connectivity index is 2.38. The minimum atomic E-state index is -0.558. The van der Waals surface area contributed by atoms with E-state index in [0.717, 1.165) is 12.8 Å². The molecule has 76 valence electrons. The fourth-order valence-electron chi connectivity index (χ4n) is 1.75. The molecule has 3 unspecified atom stereocenters. The predicted octanol–water partition coefficient (Wildman–Crippen LogP) is 0.0378. The van der Waals surface area contributed by atoms with E-state index in [-0.39, 0.29) is 18.0 Å². The highest BCUT2D eigenvalue weighted by atomic mass is 16.5. The molecule has 0 aromatic carbocycles. The molecule has 0 amide bonds. The molecule has 0 bridgehead atoms. The van der Waals surface area contributed by atoms with E-state index < -0.39 is 6.04 Å². The van der Waals surface area contributed by atoms with Gasteiger partial charge < -0.3 is 15.6 Å². The zero-order chi connectivity index (χ0) is 9.84. The van der Waals surface area contributed by atoms with E-state index in [9.17, 15) is 9.90 Å². The molecule has 4 nitrogen and oxygen atoms in total. The van der Waals surface area contributed by atoms with E-state index in [4.69, 9.17) is 10.5 Å². The molecule has 3 atom stereocenters. The van der Waals surface area contributed by atoms with Crippen molar-refractivity contribution in [2.24, 2.45) is 11.7 Å². The number of nitrogens with two attached hydrogens (primary N) is 1. The first-order valence-corrected chi connectivity index (χ1v) is 4.75. The second-order valence-electron chi connectivity index (χ2n) is 3.50. The molecule has 13 heavy (non-hydrogen) atoms. The molecule has 0 spiro atoms. The zero-order valence-electron chi connectivity index (χ0n) is 7.90. The number of carbonyl (C=O) groups excluding carboxylic acids is 1. The standard InChI is InChI=1S/C9H17NO3/c1-2-13-9(12)8(10)6-3-4-7(11)5-6/h6-8,11H,2-5,10H2,1H3. The summed E-state index contributed by atoms with van der Waals surface area (Å²) in [5.74, 6) is -0.254. The second kappa shape index (κ2) is 4.58. The summed E-state index contributed by atoms with van der Waals surface area (Å²) >= 11 is 0. The average Bonchev–Trinajstić information content (AvgIpc) is 2.51. The number of carbonyl (C=O) groups is 1. The van der Waals surface area contributed by atoms with E-state index in [1.54, 1.807) is 6.92 Å². The van der Waals surface area contributed by atoms with E-state index in [0.29, 0.717) is 13.0 Å². The van der Waals surface area contributed by atoms with Gasteiger partial charge in [-0.3, -0.25) is 4.79 Å². The van der Waals surface area contributed by atoms with Crippen LogP contribution < -0.4 is 5.73 Å². The van der Waals surface area contributed by atoms with Gasteiger partial charge in [0.1, 0.15) is 6.04 Å².